The quantitative estimate of drug-likeness (QED) is 0.167. The normalized spacial score (nSPS) is 18.5. The Morgan fingerprint density at radius 3 is 2.16 bits per heavy atom. The minimum atomic E-state index is -0.726. The fourth-order valence-corrected chi connectivity index (χ4v) is 8.50. The van der Waals surface area contributed by atoms with Crippen molar-refractivity contribution < 1.29 is 23.9 Å². The molecule has 0 radical (unpaired) electrons. The third-order valence-corrected chi connectivity index (χ3v) is 11.5. The molecule has 4 amide bonds. The topological polar surface area (TPSA) is 120 Å². The number of carbonyl (C=O) groups excluding carboxylic acids is 4. The summed E-state index contributed by atoms with van der Waals surface area (Å²) < 4.78 is 5.91. The molecule has 1 saturated heterocycles. The maximum atomic E-state index is 14.1. The minimum Gasteiger partial charge on any atom is -0.379 e. The molecule has 7 unspecified atom stereocenters. The molecule has 10 nitrogen and oxygen atoms in total. The molecule has 1 heterocycles. The summed E-state index contributed by atoms with van der Waals surface area (Å²) >= 11 is 1.65. The first-order valence-corrected chi connectivity index (χ1v) is 19.9. The standard InChI is InChI=1S/C40H69N5O5S/c1-13-28(6)36(44(11)39(49)35(27(4)5)43-38(48)34(41-10)26(2)3)31(50-12)25-33(46)45-23-17-20-30(45)24-32(51-40(7,8)9)37(47)42-22-21-29-18-15-14-16-19-29/h14-16,18-19,26-28,30-32,34-36,41H,13,17,20-25H2,1-12H3,(H,42,47)(H,43,48). The smallest absolute Gasteiger partial charge is 0.245 e. The molecule has 2 rings (SSSR count). The maximum Gasteiger partial charge on any atom is 0.245 e. The van der Waals surface area contributed by atoms with Crippen LogP contribution in [0.5, 0.6) is 0 Å². The molecule has 290 valence electrons. The Labute approximate surface area is 313 Å². The molecule has 0 saturated carbocycles. The summed E-state index contributed by atoms with van der Waals surface area (Å²) in [7, 11) is 5.11. The molecule has 11 heteroatoms. The third kappa shape index (κ3) is 13.7. The molecule has 0 aromatic heterocycles. The van der Waals surface area contributed by atoms with Crippen LogP contribution in [0.25, 0.3) is 0 Å². The lowest BCUT2D eigenvalue weighted by Crippen LogP contribution is -2.59. The maximum absolute atomic E-state index is 14.1. The summed E-state index contributed by atoms with van der Waals surface area (Å²) in [6, 6.07) is 8.54. The van der Waals surface area contributed by atoms with Gasteiger partial charge in [0.05, 0.1) is 29.9 Å². The number of benzene rings is 1. The highest BCUT2D eigenvalue weighted by Gasteiger charge is 2.41. The number of ether oxygens (including phenoxy) is 1. The fraction of sp³-hybridized carbons (Fsp3) is 0.750. The minimum absolute atomic E-state index is 0.0122. The first kappa shape index (κ1) is 44.5. The van der Waals surface area contributed by atoms with Crippen LogP contribution in [0.15, 0.2) is 30.3 Å². The SMILES string of the molecule is CCC(C)C(C(CC(=O)N1CCCC1CC(SC(C)(C)C)C(=O)NCCc1ccccc1)OC)N(C)C(=O)C(NC(=O)C(NC)C(C)C)C(C)C. The zero-order valence-corrected chi connectivity index (χ0v) is 34.4. The van der Waals surface area contributed by atoms with Crippen LogP contribution in [0.3, 0.4) is 0 Å². The summed E-state index contributed by atoms with van der Waals surface area (Å²) in [6.07, 6.45) is 3.41. The van der Waals surface area contributed by atoms with E-state index in [2.05, 4.69) is 62.7 Å². The number of carbonyl (C=O) groups is 4. The van der Waals surface area contributed by atoms with Gasteiger partial charge in [-0.2, -0.15) is 0 Å². The van der Waals surface area contributed by atoms with Gasteiger partial charge in [-0.15, -0.1) is 11.8 Å². The lowest BCUT2D eigenvalue weighted by Gasteiger charge is -2.40. The predicted octanol–water partition coefficient (Wildman–Crippen LogP) is 5.29. The van der Waals surface area contributed by atoms with Crippen molar-refractivity contribution >= 4 is 35.4 Å². The van der Waals surface area contributed by atoms with Crippen LogP contribution in [0.2, 0.25) is 0 Å². The van der Waals surface area contributed by atoms with Gasteiger partial charge in [0.1, 0.15) is 6.04 Å². The number of amides is 4. The lowest BCUT2D eigenvalue weighted by molar-refractivity contribution is -0.146. The Kier molecular flexibility index (Phi) is 18.5. The molecule has 51 heavy (non-hydrogen) atoms. The average Bonchev–Trinajstić information content (AvgIpc) is 3.54. The van der Waals surface area contributed by atoms with Gasteiger partial charge in [0.25, 0.3) is 0 Å². The number of likely N-dealkylation sites (tertiary alicyclic amines) is 1. The third-order valence-electron chi connectivity index (χ3n) is 10.1. The molecule has 7 atom stereocenters. The van der Waals surface area contributed by atoms with Gasteiger partial charge in [0.2, 0.25) is 23.6 Å². The van der Waals surface area contributed by atoms with Crippen LogP contribution < -0.4 is 16.0 Å². The first-order valence-electron chi connectivity index (χ1n) is 19.0. The van der Waals surface area contributed by atoms with Crippen molar-refractivity contribution in [3.05, 3.63) is 35.9 Å². The van der Waals surface area contributed by atoms with Gasteiger partial charge >= 0.3 is 0 Å². The second-order valence-corrected chi connectivity index (χ2v) is 17.9. The highest BCUT2D eigenvalue weighted by atomic mass is 32.2. The largest absolute Gasteiger partial charge is 0.379 e. The van der Waals surface area contributed by atoms with Crippen molar-refractivity contribution in [3.8, 4) is 0 Å². The van der Waals surface area contributed by atoms with E-state index in [0.717, 1.165) is 25.7 Å². The van der Waals surface area contributed by atoms with Crippen molar-refractivity contribution in [2.24, 2.45) is 17.8 Å². The highest BCUT2D eigenvalue weighted by molar-refractivity contribution is 8.01. The van der Waals surface area contributed by atoms with Gasteiger partial charge in [-0.1, -0.05) is 99.1 Å². The van der Waals surface area contributed by atoms with Crippen LogP contribution in [0, 0.1) is 17.8 Å². The molecule has 0 spiro atoms. The number of rotatable bonds is 20. The van der Waals surface area contributed by atoms with Crippen LogP contribution >= 0.6 is 11.8 Å². The average molecular weight is 732 g/mol. The van der Waals surface area contributed by atoms with Crippen molar-refractivity contribution in [3.63, 3.8) is 0 Å². The van der Waals surface area contributed by atoms with E-state index in [-0.39, 0.29) is 69.9 Å². The van der Waals surface area contributed by atoms with E-state index < -0.39 is 18.2 Å². The van der Waals surface area contributed by atoms with Gasteiger partial charge in [-0.25, -0.2) is 0 Å². The van der Waals surface area contributed by atoms with E-state index in [0.29, 0.717) is 19.5 Å². The number of thioether (sulfide) groups is 1. The van der Waals surface area contributed by atoms with E-state index in [1.54, 1.807) is 37.9 Å². The number of methoxy groups -OCH3 is 1. The Morgan fingerprint density at radius 1 is 1.00 bits per heavy atom. The lowest BCUT2D eigenvalue weighted by atomic mass is 9.89. The number of nitrogens with one attached hydrogen (secondary N) is 3. The van der Waals surface area contributed by atoms with Gasteiger partial charge in [-0.3, -0.25) is 19.2 Å². The molecule has 1 fully saturated rings. The van der Waals surface area contributed by atoms with E-state index >= 15 is 0 Å². The van der Waals surface area contributed by atoms with Gasteiger partial charge < -0.3 is 30.5 Å². The summed E-state index contributed by atoms with van der Waals surface area (Å²) in [5, 5.41) is 8.94. The van der Waals surface area contributed by atoms with Crippen molar-refractivity contribution in [2.45, 2.75) is 141 Å². The summed E-state index contributed by atoms with van der Waals surface area (Å²) in [4.78, 5) is 58.7. The molecule has 0 bridgehead atoms. The molecular weight excluding hydrogens is 663 g/mol. The van der Waals surface area contributed by atoms with Crippen LogP contribution in [0.1, 0.15) is 100.0 Å². The zero-order valence-electron chi connectivity index (χ0n) is 33.6. The zero-order chi connectivity index (χ0) is 38.5. The molecule has 1 aliphatic heterocycles. The molecule has 1 aliphatic rings. The second kappa shape index (κ2) is 21.2. The van der Waals surface area contributed by atoms with E-state index in [1.807, 2.05) is 50.8 Å². The van der Waals surface area contributed by atoms with E-state index in [4.69, 9.17) is 4.74 Å². The Hall–Kier alpha value is -2.63. The van der Waals surface area contributed by atoms with Crippen molar-refractivity contribution in [1.82, 2.24) is 25.8 Å². The first-order chi connectivity index (χ1) is 23.9. The number of nitrogens with zero attached hydrogens (tertiary/aromatic N) is 2. The highest BCUT2D eigenvalue weighted by Crippen LogP contribution is 2.34. The van der Waals surface area contributed by atoms with E-state index in [9.17, 15) is 19.2 Å². The monoisotopic (exact) mass is 732 g/mol. The summed E-state index contributed by atoms with van der Waals surface area (Å²) in [5.74, 6) is -0.479. The van der Waals surface area contributed by atoms with E-state index in [1.165, 1.54) is 5.56 Å². The number of hydrogen-bond acceptors (Lipinski definition) is 7. The van der Waals surface area contributed by atoms with Crippen LogP contribution in [0.4, 0.5) is 0 Å². The predicted molar refractivity (Wildman–Crippen MR) is 210 cm³/mol. The molecule has 1 aromatic carbocycles. The van der Waals surface area contributed by atoms with Crippen LogP contribution in [-0.2, 0) is 30.3 Å². The Morgan fingerprint density at radius 2 is 1.63 bits per heavy atom. The summed E-state index contributed by atoms with van der Waals surface area (Å²) in [6.45, 7) is 19.5. The van der Waals surface area contributed by atoms with Gasteiger partial charge in [0, 0.05) is 38.0 Å². The summed E-state index contributed by atoms with van der Waals surface area (Å²) in [5.41, 5.74) is 1.18. The molecular formula is C40H69N5O5S. The van der Waals surface area contributed by atoms with Gasteiger partial charge in [0.15, 0.2) is 0 Å². The second-order valence-electron chi connectivity index (χ2n) is 15.9. The van der Waals surface area contributed by atoms with Crippen LogP contribution in [-0.4, -0.2) is 108 Å². The Bertz CT molecular complexity index is 1240. The number of hydrogen-bond donors (Lipinski definition) is 3. The Balaban J connectivity index is 2.22. The molecule has 1 aromatic rings. The van der Waals surface area contributed by atoms with Crippen molar-refractivity contribution in [1.29, 1.82) is 0 Å². The van der Waals surface area contributed by atoms with Gasteiger partial charge in [-0.05, 0) is 56.0 Å². The fourth-order valence-electron chi connectivity index (χ4n) is 7.14. The van der Waals surface area contributed by atoms with Crippen molar-refractivity contribution in [2.75, 3.05) is 34.3 Å². The molecule has 3 N–H and O–H groups in total. The number of likely N-dealkylation sites (N-methyl/N-ethyl adjacent to an activating group) is 2. The molecule has 0 aliphatic carbocycles.